The van der Waals surface area contributed by atoms with E-state index < -0.39 is 23.5 Å². The van der Waals surface area contributed by atoms with E-state index in [1.807, 2.05) is 13.8 Å². The predicted molar refractivity (Wildman–Crippen MR) is 58.2 cm³/mol. The number of carbonyl (C=O) groups excluding carboxylic acids is 1. The second kappa shape index (κ2) is 4.72. The molecular formula is C11H19NO4. The lowest BCUT2D eigenvalue weighted by Crippen LogP contribution is -2.56. The van der Waals surface area contributed by atoms with Crippen LogP contribution in [-0.4, -0.2) is 41.3 Å². The minimum absolute atomic E-state index is 0.266. The minimum Gasteiger partial charge on any atom is -0.480 e. The summed E-state index contributed by atoms with van der Waals surface area (Å²) in [5, 5.41) is 9.21. The molecule has 0 aliphatic carbocycles. The molecule has 1 heterocycles. The number of carboxylic acids is 1. The summed E-state index contributed by atoms with van der Waals surface area (Å²) in [4.78, 5) is 24.2. The van der Waals surface area contributed by atoms with E-state index in [1.54, 1.807) is 6.92 Å². The van der Waals surface area contributed by atoms with Crippen LogP contribution in [0.2, 0.25) is 0 Å². The monoisotopic (exact) mass is 229 g/mol. The lowest BCUT2D eigenvalue weighted by Gasteiger charge is -2.43. The van der Waals surface area contributed by atoms with Crippen LogP contribution in [0, 0.1) is 5.41 Å². The maximum Gasteiger partial charge on any atom is 0.410 e. The van der Waals surface area contributed by atoms with E-state index in [9.17, 15) is 14.7 Å². The molecule has 1 rings (SSSR count). The lowest BCUT2D eigenvalue weighted by atomic mass is 9.76. The van der Waals surface area contributed by atoms with Gasteiger partial charge >= 0.3 is 12.1 Å². The highest BCUT2D eigenvalue weighted by Gasteiger charge is 2.45. The topological polar surface area (TPSA) is 66.8 Å². The number of ether oxygens (including phenoxy) is 1. The second-order valence-corrected chi connectivity index (χ2v) is 4.73. The first-order chi connectivity index (χ1) is 7.40. The first-order valence-electron chi connectivity index (χ1n) is 5.56. The quantitative estimate of drug-likeness (QED) is 0.782. The highest BCUT2D eigenvalue weighted by molar-refractivity contribution is 5.81. The zero-order valence-corrected chi connectivity index (χ0v) is 10.0. The van der Waals surface area contributed by atoms with Crippen LogP contribution in [0.5, 0.6) is 0 Å². The third kappa shape index (κ3) is 2.46. The average Bonchev–Trinajstić information content (AvgIpc) is 2.15. The number of hydrogen-bond donors (Lipinski definition) is 1. The van der Waals surface area contributed by atoms with Gasteiger partial charge in [0.2, 0.25) is 0 Å². The Morgan fingerprint density at radius 1 is 1.50 bits per heavy atom. The maximum atomic E-state index is 11.6. The zero-order valence-electron chi connectivity index (χ0n) is 10.0. The van der Waals surface area contributed by atoms with Crippen molar-refractivity contribution >= 4 is 12.1 Å². The Hall–Kier alpha value is -1.26. The molecule has 1 aliphatic rings. The number of rotatable bonds is 2. The summed E-state index contributed by atoms with van der Waals surface area (Å²) < 4.78 is 4.88. The van der Waals surface area contributed by atoms with E-state index in [0.717, 1.165) is 12.8 Å². The summed E-state index contributed by atoms with van der Waals surface area (Å²) in [5.74, 6) is -0.960. The van der Waals surface area contributed by atoms with Crippen molar-refractivity contribution in [3.63, 3.8) is 0 Å². The molecule has 0 bridgehead atoms. The molecule has 1 aliphatic heterocycles. The summed E-state index contributed by atoms with van der Waals surface area (Å²) in [7, 11) is 0. The molecule has 1 fully saturated rings. The van der Waals surface area contributed by atoms with Crippen LogP contribution in [0.4, 0.5) is 4.79 Å². The Bertz CT molecular complexity index is 288. The number of nitrogens with zero attached hydrogens (tertiary/aromatic N) is 1. The molecule has 92 valence electrons. The van der Waals surface area contributed by atoms with E-state index in [-0.39, 0.29) is 6.61 Å². The van der Waals surface area contributed by atoms with Crippen LogP contribution < -0.4 is 0 Å². The molecule has 0 radical (unpaired) electrons. The van der Waals surface area contributed by atoms with Crippen LogP contribution in [0.15, 0.2) is 0 Å². The van der Waals surface area contributed by atoms with E-state index in [4.69, 9.17) is 4.74 Å². The van der Waals surface area contributed by atoms with E-state index in [1.165, 1.54) is 4.90 Å². The summed E-state index contributed by atoms with van der Waals surface area (Å²) in [6, 6.07) is -0.791. The normalized spacial score (nSPS) is 23.9. The minimum atomic E-state index is -0.960. The number of aliphatic carboxylic acids is 1. The fraction of sp³-hybridized carbons (Fsp3) is 0.818. The van der Waals surface area contributed by atoms with Gasteiger partial charge in [0.25, 0.3) is 0 Å². The Balaban J connectivity index is 2.89. The molecule has 5 heteroatoms. The van der Waals surface area contributed by atoms with Crippen molar-refractivity contribution < 1.29 is 19.4 Å². The predicted octanol–water partition coefficient (Wildman–Crippen LogP) is 1.72. The lowest BCUT2D eigenvalue weighted by molar-refractivity contribution is -0.149. The third-order valence-electron chi connectivity index (χ3n) is 3.01. The second-order valence-electron chi connectivity index (χ2n) is 4.73. The number of likely N-dealkylation sites (tertiary alicyclic amines) is 1. The van der Waals surface area contributed by atoms with Crippen molar-refractivity contribution in [3.8, 4) is 0 Å². The van der Waals surface area contributed by atoms with Crippen LogP contribution >= 0.6 is 0 Å². The van der Waals surface area contributed by atoms with Crippen molar-refractivity contribution in [2.24, 2.45) is 5.41 Å². The first kappa shape index (κ1) is 12.8. The molecule has 0 spiro atoms. The largest absolute Gasteiger partial charge is 0.480 e. The first-order valence-corrected chi connectivity index (χ1v) is 5.56. The Morgan fingerprint density at radius 3 is 2.62 bits per heavy atom. The van der Waals surface area contributed by atoms with E-state index in [0.29, 0.717) is 6.54 Å². The van der Waals surface area contributed by atoms with Crippen molar-refractivity contribution in [1.82, 2.24) is 4.90 Å². The van der Waals surface area contributed by atoms with Gasteiger partial charge in [-0.2, -0.15) is 0 Å². The van der Waals surface area contributed by atoms with Gasteiger partial charge in [0, 0.05) is 6.54 Å². The molecule has 16 heavy (non-hydrogen) atoms. The van der Waals surface area contributed by atoms with Gasteiger partial charge in [0.15, 0.2) is 0 Å². The number of piperidine rings is 1. The molecule has 1 unspecified atom stereocenters. The van der Waals surface area contributed by atoms with Crippen LogP contribution in [0.3, 0.4) is 0 Å². The van der Waals surface area contributed by atoms with E-state index >= 15 is 0 Å². The molecule has 0 saturated carbocycles. The third-order valence-corrected chi connectivity index (χ3v) is 3.01. The average molecular weight is 229 g/mol. The molecule has 0 aromatic carbocycles. The summed E-state index contributed by atoms with van der Waals surface area (Å²) in [6.45, 7) is 6.18. The van der Waals surface area contributed by atoms with Gasteiger partial charge in [-0.3, -0.25) is 4.90 Å². The Labute approximate surface area is 95.4 Å². The maximum absolute atomic E-state index is 11.6. The zero-order chi connectivity index (χ0) is 12.3. The smallest absolute Gasteiger partial charge is 0.410 e. The number of amides is 1. The van der Waals surface area contributed by atoms with Crippen molar-refractivity contribution in [1.29, 1.82) is 0 Å². The molecule has 1 atom stereocenters. The summed E-state index contributed by atoms with van der Waals surface area (Å²) in [5.41, 5.74) is -0.406. The molecule has 0 aromatic rings. The van der Waals surface area contributed by atoms with Gasteiger partial charge in [-0.1, -0.05) is 13.8 Å². The fourth-order valence-corrected chi connectivity index (χ4v) is 2.26. The van der Waals surface area contributed by atoms with E-state index in [2.05, 4.69) is 0 Å². The molecule has 1 N–H and O–H groups in total. The molecule has 1 amide bonds. The van der Waals surface area contributed by atoms with Gasteiger partial charge in [0.1, 0.15) is 6.04 Å². The van der Waals surface area contributed by atoms with Gasteiger partial charge < -0.3 is 9.84 Å². The SMILES string of the molecule is CCOC(=O)N1CCCC(C)(C)C1C(=O)O. The number of carboxylic acid groups (broad SMARTS) is 1. The number of hydrogen-bond acceptors (Lipinski definition) is 3. The van der Waals surface area contributed by atoms with Crippen molar-refractivity contribution in [2.45, 2.75) is 39.7 Å². The van der Waals surface area contributed by atoms with Crippen LogP contribution in [-0.2, 0) is 9.53 Å². The molecule has 5 nitrogen and oxygen atoms in total. The van der Waals surface area contributed by atoms with Gasteiger partial charge in [-0.25, -0.2) is 9.59 Å². The number of carbonyl (C=O) groups is 2. The Morgan fingerprint density at radius 2 is 2.12 bits per heavy atom. The Kier molecular flexibility index (Phi) is 3.78. The molecule has 0 aromatic heterocycles. The van der Waals surface area contributed by atoms with Crippen molar-refractivity contribution in [3.05, 3.63) is 0 Å². The summed E-state index contributed by atoms with van der Waals surface area (Å²) in [6.07, 6.45) is 1.10. The highest BCUT2D eigenvalue weighted by Crippen LogP contribution is 2.35. The fourth-order valence-electron chi connectivity index (χ4n) is 2.26. The van der Waals surface area contributed by atoms with Gasteiger partial charge in [0.05, 0.1) is 6.61 Å². The van der Waals surface area contributed by atoms with Crippen molar-refractivity contribution in [2.75, 3.05) is 13.2 Å². The molecule has 1 saturated heterocycles. The highest BCUT2D eigenvalue weighted by atomic mass is 16.6. The van der Waals surface area contributed by atoms with Gasteiger partial charge in [-0.15, -0.1) is 0 Å². The summed E-state index contributed by atoms with van der Waals surface area (Å²) >= 11 is 0. The van der Waals surface area contributed by atoms with Gasteiger partial charge in [-0.05, 0) is 25.2 Å². The van der Waals surface area contributed by atoms with Crippen LogP contribution in [0.25, 0.3) is 0 Å². The van der Waals surface area contributed by atoms with Crippen LogP contribution in [0.1, 0.15) is 33.6 Å². The standard InChI is InChI=1S/C11H19NO4/c1-4-16-10(15)12-7-5-6-11(2,3)8(12)9(13)14/h8H,4-7H2,1-3H3,(H,13,14). The molecular weight excluding hydrogens is 210 g/mol.